The van der Waals surface area contributed by atoms with Gasteiger partial charge in [0.1, 0.15) is 11.4 Å². The van der Waals surface area contributed by atoms with Crippen LogP contribution in [-0.4, -0.2) is 41.6 Å². The first-order valence-corrected chi connectivity index (χ1v) is 9.42. The molecule has 5 nitrogen and oxygen atoms in total. The molecule has 0 spiro atoms. The van der Waals surface area contributed by atoms with Crippen LogP contribution in [0.1, 0.15) is 51.4 Å². The normalized spacial score (nSPS) is 19.8. The lowest BCUT2D eigenvalue weighted by Crippen LogP contribution is -2.57. The fraction of sp³-hybridized carbons (Fsp3) is 0.579. The topological polar surface area (TPSA) is 58.6 Å². The average Bonchev–Trinajstić information content (AvgIpc) is 2.47. The van der Waals surface area contributed by atoms with Crippen molar-refractivity contribution in [1.82, 2.24) is 10.2 Å². The van der Waals surface area contributed by atoms with E-state index in [1.54, 1.807) is 11.0 Å². The summed E-state index contributed by atoms with van der Waals surface area (Å²) in [5.41, 5.74) is -0.902. The third-order valence-electron chi connectivity index (χ3n) is 4.36. The number of hydrogen-bond acceptors (Lipinski definition) is 3. The number of piperidine rings is 1. The molecule has 1 heterocycles. The van der Waals surface area contributed by atoms with Gasteiger partial charge in [-0.25, -0.2) is 9.18 Å². The monoisotopic (exact) mass is 428 g/mol. The Bertz CT molecular complexity index is 701. The van der Waals surface area contributed by atoms with Crippen molar-refractivity contribution in [3.8, 4) is 0 Å². The predicted octanol–water partition coefficient (Wildman–Crippen LogP) is 4.35. The van der Waals surface area contributed by atoms with Gasteiger partial charge in [0.25, 0.3) is 5.91 Å². The van der Waals surface area contributed by atoms with E-state index in [-0.39, 0.29) is 23.1 Å². The van der Waals surface area contributed by atoms with Crippen LogP contribution in [0.5, 0.6) is 0 Å². The molecule has 1 saturated heterocycles. The Hall–Kier alpha value is -1.63. The van der Waals surface area contributed by atoms with E-state index in [1.807, 2.05) is 34.6 Å². The molecule has 1 aliphatic heterocycles. The van der Waals surface area contributed by atoms with Gasteiger partial charge in [0.15, 0.2) is 0 Å². The molecule has 1 aromatic carbocycles. The fourth-order valence-electron chi connectivity index (χ4n) is 3.02. The lowest BCUT2D eigenvalue weighted by molar-refractivity contribution is 0.00269. The second kappa shape index (κ2) is 7.55. The SMILES string of the molecule is CC(C)(C)OC(=O)N1CCC(NC(=O)c2ccc(Br)cc2F)C(C)(C)C1. The first-order valence-electron chi connectivity index (χ1n) is 8.63. The van der Waals surface area contributed by atoms with Crippen molar-refractivity contribution in [2.75, 3.05) is 13.1 Å². The zero-order valence-electron chi connectivity index (χ0n) is 15.9. The number of carbonyl (C=O) groups excluding carboxylic acids is 2. The molecule has 0 radical (unpaired) electrons. The van der Waals surface area contributed by atoms with Crippen molar-refractivity contribution in [3.63, 3.8) is 0 Å². The summed E-state index contributed by atoms with van der Waals surface area (Å²) in [5, 5.41) is 2.92. The molecule has 0 bridgehead atoms. The summed E-state index contributed by atoms with van der Waals surface area (Å²) in [6.07, 6.45) is 0.227. The van der Waals surface area contributed by atoms with Crippen molar-refractivity contribution in [3.05, 3.63) is 34.1 Å². The summed E-state index contributed by atoms with van der Waals surface area (Å²) in [6.45, 7) is 10.4. The molecular weight excluding hydrogens is 403 g/mol. The van der Waals surface area contributed by atoms with E-state index in [2.05, 4.69) is 21.2 Å². The average molecular weight is 429 g/mol. The van der Waals surface area contributed by atoms with Crippen LogP contribution in [0.15, 0.2) is 22.7 Å². The maximum atomic E-state index is 14.0. The standard InChI is InChI=1S/C19H26BrFN2O3/c1-18(2,3)26-17(25)23-9-8-15(19(4,5)11-23)22-16(24)13-7-6-12(20)10-14(13)21/h6-7,10,15H,8-9,11H2,1-5H3,(H,22,24). The molecule has 2 amide bonds. The number of nitrogens with one attached hydrogen (secondary N) is 1. The van der Waals surface area contributed by atoms with Gasteiger partial charge in [0.2, 0.25) is 0 Å². The summed E-state index contributed by atoms with van der Waals surface area (Å²) in [7, 11) is 0. The number of nitrogens with zero attached hydrogens (tertiary/aromatic N) is 1. The number of benzene rings is 1. The van der Waals surface area contributed by atoms with E-state index < -0.39 is 17.3 Å². The molecule has 0 saturated carbocycles. The van der Waals surface area contributed by atoms with Crippen LogP contribution in [0.2, 0.25) is 0 Å². The third-order valence-corrected chi connectivity index (χ3v) is 4.86. The van der Waals surface area contributed by atoms with Crippen molar-refractivity contribution in [1.29, 1.82) is 0 Å². The molecule has 144 valence electrons. The molecule has 1 aromatic rings. The minimum absolute atomic E-state index is 0.0126. The van der Waals surface area contributed by atoms with Gasteiger partial charge in [-0.1, -0.05) is 29.8 Å². The summed E-state index contributed by atoms with van der Waals surface area (Å²) in [6, 6.07) is 4.19. The zero-order chi connectivity index (χ0) is 19.7. The Labute approximate surface area is 162 Å². The summed E-state index contributed by atoms with van der Waals surface area (Å²) in [5.74, 6) is -1.01. The highest BCUT2D eigenvalue weighted by Gasteiger charge is 2.39. The van der Waals surface area contributed by atoms with Crippen molar-refractivity contribution in [2.45, 2.75) is 52.7 Å². The Morgan fingerprint density at radius 2 is 2.00 bits per heavy atom. The highest BCUT2D eigenvalue weighted by molar-refractivity contribution is 9.10. The summed E-state index contributed by atoms with van der Waals surface area (Å²) >= 11 is 3.18. The lowest BCUT2D eigenvalue weighted by atomic mass is 9.79. The fourth-order valence-corrected chi connectivity index (χ4v) is 3.35. The van der Waals surface area contributed by atoms with Gasteiger partial charge in [0.05, 0.1) is 5.56 Å². The second-order valence-corrected chi connectivity index (χ2v) is 9.25. The zero-order valence-corrected chi connectivity index (χ0v) is 17.4. The Morgan fingerprint density at radius 1 is 1.35 bits per heavy atom. The van der Waals surface area contributed by atoms with Gasteiger partial charge in [0, 0.05) is 29.0 Å². The summed E-state index contributed by atoms with van der Waals surface area (Å²) in [4.78, 5) is 26.4. The second-order valence-electron chi connectivity index (χ2n) is 8.33. The van der Waals surface area contributed by atoms with E-state index in [9.17, 15) is 14.0 Å². The number of carbonyl (C=O) groups is 2. The number of likely N-dealkylation sites (tertiary alicyclic amines) is 1. The number of amides is 2. The Kier molecular flexibility index (Phi) is 6.00. The molecule has 26 heavy (non-hydrogen) atoms. The first-order chi connectivity index (χ1) is 11.9. The Morgan fingerprint density at radius 3 is 2.54 bits per heavy atom. The van der Waals surface area contributed by atoms with E-state index in [0.29, 0.717) is 24.0 Å². The molecule has 2 rings (SSSR count). The number of halogens is 2. The molecule has 0 aromatic heterocycles. The highest BCUT2D eigenvalue weighted by atomic mass is 79.9. The van der Waals surface area contributed by atoms with Gasteiger partial charge in [-0.15, -0.1) is 0 Å². The van der Waals surface area contributed by atoms with Crippen LogP contribution in [0.3, 0.4) is 0 Å². The maximum absolute atomic E-state index is 14.0. The van der Waals surface area contributed by atoms with Gasteiger partial charge in [-0.3, -0.25) is 4.79 Å². The van der Waals surface area contributed by atoms with E-state index >= 15 is 0 Å². The van der Waals surface area contributed by atoms with Crippen LogP contribution >= 0.6 is 15.9 Å². The molecule has 1 aliphatic rings. The minimum atomic E-state index is -0.569. The minimum Gasteiger partial charge on any atom is -0.444 e. The molecule has 7 heteroatoms. The van der Waals surface area contributed by atoms with E-state index in [1.165, 1.54) is 12.1 Å². The third kappa shape index (κ3) is 5.19. The van der Waals surface area contributed by atoms with Crippen LogP contribution in [0, 0.1) is 11.2 Å². The van der Waals surface area contributed by atoms with E-state index in [4.69, 9.17) is 4.74 Å². The van der Waals surface area contributed by atoms with Crippen LogP contribution in [0.4, 0.5) is 9.18 Å². The predicted molar refractivity (Wildman–Crippen MR) is 102 cm³/mol. The largest absolute Gasteiger partial charge is 0.444 e. The quantitative estimate of drug-likeness (QED) is 0.761. The number of hydrogen-bond donors (Lipinski definition) is 1. The van der Waals surface area contributed by atoms with E-state index in [0.717, 1.165) is 0 Å². The van der Waals surface area contributed by atoms with Gasteiger partial charge < -0.3 is 15.0 Å². The maximum Gasteiger partial charge on any atom is 0.410 e. The Balaban J connectivity index is 2.04. The molecule has 1 N–H and O–H groups in total. The highest BCUT2D eigenvalue weighted by Crippen LogP contribution is 2.30. The van der Waals surface area contributed by atoms with Gasteiger partial charge >= 0.3 is 6.09 Å². The first kappa shape index (κ1) is 20.7. The molecule has 1 atom stereocenters. The van der Waals surface area contributed by atoms with Crippen molar-refractivity contribution >= 4 is 27.9 Å². The van der Waals surface area contributed by atoms with Crippen molar-refractivity contribution < 1.29 is 18.7 Å². The van der Waals surface area contributed by atoms with Crippen LogP contribution in [-0.2, 0) is 4.74 Å². The van der Waals surface area contributed by atoms with Crippen LogP contribution < -0.4 is 5.32 Å². The smallest absolute Gasteiger partial charge is 0.410 e. The molecular formula is C19H26BrFN2O3. The molecule has 1 fully saturated rings. The molecule has 0 aliphatic carbocycles. The number of ether oxygens (including phenoxy) is 1. The van der Waals surface area contributed by atoms with Gasteiger partial charge in [-0.05, 0) is 45.4 Å². The lowest BCUT2D eigenvalue weighted by Gasteiger charge is -2.44. The molecule has 1 unspecified atom stereocenters. The van der Waals surface area contributed by atoms with Gasteiger partial charge in [-0.2, -0.15) is 0 Å². The van der Waals surface area contributed by atoms with Crippen LogP contribution in [0.25, 0.3) is 0 Å². The number of rotatable bonds is 2. The summed E-state index contributed by atoms with van der Waals surface area (Å²) < 4.78 is 20.0. The van der Waals surface area contributed by atoms with Crippen molar-refractivity contribution in [2.24, 2.45) is 5.41 Å².